The Kier molecular flexibility index (Phi) is 4.86. The first-order valence-electron chi connectivity index (χ1n) is 6.99. The molecule has 1 aliphatic rings. The summed E-state index contributed by atoms with van der Waals surface area (Å²) in [6, 6.07) is 3.26. The van der Waals surface area contributed by atoms with Crippen LogP contribution in [-0.2, 0) is 9.31 Å². The van der Waals surface area contributed by atoms with Crippen LogP contribution in [0, 0.1) is 0 Å². The molecule has 0 radical (unpaired) electrons. The summed E-state index contributed by atoms with van der Waals surface area (Å²) >= 11 is 12.0. The Morgan fingerprint density at radius 1 is 1.23 bits per heavy atom. The third kappa shape index (κ3) is 3.29. The fraction of sp³-hybridized carbons (Fsp3) is 0.467. The first-order chi connectivity index (χ1) is 10.1. The topological polar surface area (TPSA) is 64.7 Å². The van der Waals surface area contributed by atoms with Crippen LogP contribution in [0.1, 0.15) is 33.3 Å². The Morgan fingerprint density at radius 3 is 2.27 bits per heavy atom. The van der Waals surface area contributed by atoms with Gasteiger partial charge in [-0.25, -0.2) is 0 Å². The Labute approximate surface area is 141 Å². The van der Waals surface area contributed by atoms with Gasteiger partial charge in [-0.3, -0.25) is 0 Å². The molecule has 0 spiro atoms. The standard InChI is InChI=1S/C15H20BCl2NO3/c1-14(2)15(3,4)22-16(21-14)10(8-20)5-9-6-11(17)7-12(18)13(9)19/h5-7,20H,8,19H2,1-4H3. The Balaban J connectivity index is 2.38. The highest BCUT2D eigenvalue weighted by atomic mass is 35.5. The van der Waals surface area contributed by atoms with Crippen LogP contribution in [0.5, 0.6) is 0 Å². The maximum Gasteiger partial charge on any atom is 0.492 e. The Bertz CT molecular complexity index is 601. The number of nitrogen functional groups attached to an aromatic ring is 1. The molecule has 1 saturated heterocycles. The zero-order chi connectivity index (χ0) is 16.7. The van der Waals surface area contributed by atoms with E-state index in [0.717, 1.165) is 0 Å². The van der Waals surface area contributed by atoms with Gasteiger partial charge in [-0.1, -0.05) is 29.3 Å². The van der Waals surface area contributed by atoms with E-state index in [1.807, 2.05) is 27.7 Å². The molecule has 0 bridgehead atoms. The first-order valence-corrected chi connectivity index (χ1v) is 7.74. The molecule has 4 nitrogen and oxygen atoms in total. The molecule has 22 heavy (non-hydrogen) atoms. The molecule has 1 aromatic rings. The van der Waals surface area contributed by atoms with Crippen molar-refractivity contribution in [1.29, 1.82) is 0 Å². The lowest BCUT2D eigenvalue weighted by Crippen LogP contribution is -2.41. The molecule has 1 fully saturated rings. The zero-order valence-corrected chi connectivity index (χ0v) is 14.6. The molecular weight excluding hydrogens is 324 g/mol. The molecule has 7 heteroatoms. The number of anilines is 1. The summed E-state index contributed by atoms with van der Waals surface area (Å²) in [5, 5.41) is 10.5. The van der Waals surface area contributed by atoms with Crippen molar-refractivity contribution in [2.75, 3.05) is 12.3 Å². The lowest BCUT2D eigenvalue weighted by molar-refractivity contribution is 0.00578. The molecule has 0 unspecified atom stereocenters. The van der Waals surface area contributed by atoms with Crippen molar-refractivity contribution < 1.29 is 14.4 Å². The maximum atomic E-state index is 9.68. The van der Waals surface area contributed by atoms with E-state index in [-0.39, 0.29) is 6.61 Å². The summed E-state index contributed by atoms with van der Waals surface area (Å²) < 4.78 is 11.9. The number of benzene rings is 1. The summed E-state index contributed by atoms with van der Waals surface area (Å²) in [5.74, 6) is 0. The minimum absolute atomic E-state index is 0.222. The van der Waals surface area contributed by atoms with Gasteiger partial charge < -0.3 is 20.1 Å². The zero-order valence-electron chi connectivity index (χ0n) is 13.1. The lowest BCUT2D eigenvalue weighted by atomic mass is 9.77. The SMILES string of the molecule is CC1(C)OB(C(=Cc2cc(Cl)cc(Cl)c2N)CO)OC1(C)C. The number of nitrogens with two attached hydrogens (primary N) is 1. The van der Waals surface area contributed by atoms with Gasteiger partial charge in [-0.15, -0.1) is 0 Å². The second-order valence-corrected chi connectivity index (χ2v) is 7.20. The third-order valence-corrected chi connectivity index (χ3v) is 4.74. The van der Waals surface area contributed by atoms with E-state index in [2.05, 4.69) is 0 Å². The fourth-order valence-corrected chi connectivity index (χ4v) is 2.62. The molecule has 1 aromatic carbocycles. The average Bonchev–Trinajstić information content (AvgIpc) is 2.60. The van der Waals surface area contributed by atoms with E-state index in [1.54, 1.807) is 18.2 Å². The predicted molar refractivity (Wildman–Crippen MR) is 92.0 cm³/mol. The smallest absolute Gasteiger partial charge is 0.400 e. The van der Waals surface area contributed by atoms with Crippen LogP contribution in [0.15, 0.2) is 17.6 Å². The molecule has 1 heterocycles. The number of rotatable bonds is 3. The van der Waals surface area contributed by atoms with Crippen LogP contribution >= 0.6 is 23.2 Å². The van der Waals surface area contributed by atoms with E-state index >= 15 is 0 Å². The molecule has 120 valence electrons. The van der Waals surface area contributed by atoms with Crippen molar-refractivity contribution in [3.05, 3.63) is 33.2 Å². The van der Waals surface area contributed by atoms with Crippen LogP contribution in [0.3, 0.4) is 0 Å². The summed E-state index contributed by atoms with van der Waals surface area (Å²) in [6.07, 6.45) is 1.70. The van der Waals surface area contributed by atoms with Gasteiger partial charge in [-0.05, 0) is 50.9 Å². The van der Waals surface area contributed by atoms with Gasteiger partial charge in [0.25, 0.3) is 0 Å². The van der Waals surface area contributed by atoms with Gasteiger partial charge in [0.2, 0.25) is 0 Å². The van der Waals surface area contributed by atoms with E-state index < -0.39 is 18.3 Å². The summed E-state index contributed by atoms with van der Waals surface area (Å²) in [4.78, 5) is 0. The molecule has 2 rings (SSSR count). The third-order valence-electron chi connectivity index (χ3n) is 4.21. The van der Waals surface area contributed by atoms with Gasteiger partial charge in [0.1, 0.15) is 0 Å². The molecule has 0 saturated carbocycles. The lowest BCUT2D eigenvalue weighted by Gasteiger charge is -2.32. The largest absolute Gasteiger partial charge is 0.492 e. The monoisotopic (exact) mass is 343 g/mol. The van der Waals surface area contributed by atoms with Gasteiger partial charge in [0.15, 0.2) is 0 Å². The van der Waals surface area contributed by atoms with E-state index in [0.29, 0.717) is 26.8 Å². The number of halogens is 2. The molecular formula is C15H20BCl2NO3. The highest BCUT2D eigenvalue weighted by molar-refractivity contribution is 6.56. The average molecular weight is 344 g/mol. The highest BCUT2D eigenvalue weighted by Gasteiger charge is 2.52. The molecule has 0 aromatic heterocycles. The highest BCUT2D eigenvalue weighted by Crippen LogP contribution is 2.39. The van der Waals surface area contributed by atoms with Crippen LogP contribution < -0.4 is 5.73 Å². The molecule has 0 atom stereocenters. The van der Waals surface area contributed by atoms with Gasteiger partial charge in [0.05, 0.1) is 28.5 Å². The van der Waals surface area contributed by atoms with E-state index in [1.165, 1.54) is 0 Å². The number of aliphatic hydroxyl groups excluding tert-OH is 1. The van der Waals surface area contributed by atoms with Gasteiger partial charge >= 0.3 is 7.12 Å². The fourth-order valence-electron chi connectivity index (χ4n) is 2.11. The summed E-state index contributed by atoms with van der Waals surface area (Å²) in [5.41, 5.74) is 6.57. The Morgan fingerprint density at radius 2 is 1.77 bits per heavy atom. The minimum Gasteiger partial charge on any atom is -0.400 e. The Hall–Kier alpha value is -0.715. The van der Waals surface area contributed by atoms with Crippen molar-refractivity contribution in [2.24, 2.45) is 0 Å². The van der Waals surface area contributed by atoms with Crippen LogP contribution in [-0.4, -0.2) is 30.0 Å². The summed E-state index contributed by atoms with van der Waals surface area (Å²) in [6.45, 7) is 7.58. The molecule has 0 amide bonds. The molecule has 3 N–H and O–H groups in total. The van der Waals surface area contributed by atoms with E-state index in [9.17, 15) is 5.11 Å². The first kappa shape index (κ1) is 17.6. The van der Waals surface area contributed by atoms with Crippen LogP contribution in [0.25, 0.3) is 6.08 Å². The van der Waals surface area contributed by atoms with Crippen molar-refractivity contribution in [3.63, 3.8) is 0 Å². The van der Waals surface area contributed by atoms with Crippen molar-refractivity contribution in [2.45, 2.75) is 38.9 Å². The van der Waals surface area contributed by atoms with Crippen LogP contribution in [0.4, 0.5) is 5.69 Å². The minimum atomic E-state index is -0.646. The quantitative estimate of drug-likeness (QED) is 0.650. The molecule has 1 aliphatic heterocycles. The second kappa shape index (κ2) is 6.06. The molecule has 0 aliphatic carbocycles. The second-order valence-electron chi connectivity index (χ2n) is 6.36. The van der Waals surface area contributed by atoms with Crippen LogP contribution in [0.2, 0.25) is 10.0 Å². The predicted octanol–water partition coefficient (Wildman–Crippen LogP) is 3.58. The van der Waals surface area contributed by atoms with Crippen molar-refractivity contribution >= 4 is 42.1 Å². The van der Waals surface area contributed by atoms with Gasteiger partial charge in [-0.2, -0.15) is 0 Å². The van der Waals surface area contributed by atoms with Crippen molar-refractivity contribution in [1.82, 2.24) is 0 Å². The number of aliphatic hydroxyl groups is 1. The maximum absolute atomic E-state index is 9.68. The van der Waals surface area contributed by atoms with E-state index in [4.69, 9.17) is 38.2 Å². The number of hydrogen-bond acceptors (Lipinski definition) is 4. The number of hydrogen-bond donors (Lipinski definition) is 2. The summed E-state index contributed by atoms with van der Waals surface area (Å²) in [7, 11) is -0.646. The normalized spacial score (nSPS) is 20.5. The van der Waals surface area contributed by atoms with Gasteiger partial charge in [0, 0.05) is 5.02 Å². The van der Waals surface area contributed by atoms with Crippen molar-refractivity contribution in [3.8, 4) is 0 Å².